The highest BCUT2D eigenvalue weighted by Crippen LogP contribution is 2.39. The Morgan fingerprint density at radius 2 is 2.00 bits per heavy atom. The molecule has 0 spiro atoms. The average molecular weight is 477 g/mol. The van der Waals surface area contributed by atoms with Gasteiger partial charge < -0.3 is 20.2 Å². The minimum atomic E-state index is -0.561. The van der Waals surface area contributed by atoms with E-state index in [1.807, 2.05) is 0 Å². The number of rotatable bonds is 8. The van der Waals surface area contributed by atoms with Crippen molar-refractivity contribution in [2.75, 3.05) is 5.32 Å². The summed E-state index contributed by atoms with van der Waals surface area (Å²) >= 11 is 2.50. The average Bonchev–Trinajstić information content (AvgIpc) is 3.45. The number of nitrogens with two attached hydrogens (primary N) is 1. The number of hydrogen-bond donors (Lipinski definition) is 2. The molecule has 0 saturated heterocycles. The van der Waals surface area contributed by atoms with E-state index in [0.717, 1.165) is 41.5 Å². The summed E-state index contributed by atoms with van der Waals surface area (Å²) in [6, 6.07) is 5.60. The summed E-state index contributed by atoms with van der Waals surface area (Å²) in [6.07, 6.45) is 2.12. The van der Waals surface area contributed by atoms with Crippen LogP contribution in [0.4, 0.5) is 9.39 Å². The minimum absolute atomic E-state index is 0.209. The second-order valence-electron chi connectivity index (χ2n) is 7.30. The van der Waals surface area contributed by atoms with Crippen molar-refractivity contribution in [2.24, 2.45) is 5.73 Å². The molecule has 2 aromatic heterocycles. The van der Waals surface area contributed by atoms with Gasteiger partial charge in [-0.2, -0.15) is 0 Å². The topological polar surface area (TPSA) is 120 Å². The number of aromatic nitrogens is 2. The molecule has 3 aromatic rings. The van der Waals surface area contributed by atoms with Crippen molar-refractivity contribution in [1.29, 1.82) is 0 Å². The van der Waals surface area contributed by atoms with E-state index in [0.29, 0.717) is 16.3 Å². The second-order valence-corrected chi connectivity index (χ2v) is 9.69. The number of aryl methyl sites for hydroxylation is 1. The molecule has 168 valence electrons. The van der Waals surface area contributed by atoms with Crippen LogP contribution in [-0.2, 0) is 17.6 Å². The van der Waals surface area contributed by atoms with Crippen LogP contribution in [0.2, 0.25) is 0 Å². The Hall–Kier alpha value is -2.92. The van der Waals surface area contributed by atoms with Gasteiger partial charge in [0.1, 0.15) is 16.6 Å². The van der Waals surface area contributed by atoms with Crippen LogP contribution in [0.5, 0.6) is 5.75 Å². The van der Waals surface area contributed by atoms with Crippen LogP contribution in [0.25, 0.3) is 0 Å². The normalized spacial score (nSPS) is 14.6. The first-order valence-electron chi connectivity index (χ1n) is 9.99. The number of carbonyl (C=O) groups is 2. The Balaban J connectivity index is 1.38. The number of anilines is 1. The molecule has 32 heavy (non-hydrogen) atoms. The Morgan fingerprint density at radius 1 is 1.25 bits per heavy atom. The highest BCUT2D eigenvalue weighted by molar-refractivity contribution is 8.00. The Bertz CT molecular complexity index is 1150. The number of carbonyl (C=O) groups excluding carboxylic acids is 2. The van der Waals surface area contributed by atoms with E-state index in [2.05, 4.69) is 15.5 Å². The summed E-state index contributed by atoms with van der Waals surface area (Å²) in [5.41, 5.74) is 6.92. The maximum Gasteiger partial charge on any atom is 0.277 e. The number of nitrogens with zero attached hydrogens (tertiary/aromatic N) is 2. The van der Waals surface area contributed by atoms with Crippen LogP contribution < -0.4 is 15.8 Å². The molecular formula is C21H21FN4O4S2. The fraction of sp³-hybridized carbons (Fsp3) is 0.333. The summed E-state index contributed by atoms with van der Waals surface area (Å²) in [7, 11) is 0. The molecule has 0 radical (unpaired) electrons. The van der Waals surface area contributed by atoms with Crippen molar-refractivity contribution in [3.05, 3.63) is 52.0 Å². The van der Waals surface area contributed by atoms with Crippen molar-refractivity contribution in [1.82, 2.24) is 10.2 Å². The summed E-state index contributed by atoms with van der Waals surface area (Å²) < 4.78 is 24.3. The maximum absolute atomic E-state index is 13.0. The van der Waals surface area contributed by atoms with E-state index in [4.69, 9.17) is 14.9 Å². The molecule has 2 atom stereocenters. The lowest BCUT2D eigenvalue weighted by atomic mass is 10.1. The number of ether oxygens (including phenoxy) is 1. The molecule has 11 heteroatoms. The zero-order chi connectivity index (χ0) is 22.8. The van der Waals surface area contributed by atoms with Crippen molar-refractivity contribution in [3.8, 4) is 5.75 Å². The molecule has 8 nitrogen and oxygen atoms in total. The van der Waals surface area contributed by atoms with Crippen molar-refractivity contribution in [3.63, 3.8) is 0 Å². The van der Waals surface area contributed by atoms with E-state index < -0.39 is 17.3 Å². The van der Waals surface area contributed by atoms with Gasteiger partial charge in [-0.05, 0) is 62.9 Å². The van der Waals surface area contributed by atoms with Gasteiger partial charge in [0.25, 0.3) is 17.0 Å². The van der Waals surface area contributed by atoms with Crippen LogP contribution in [0.15, 0.2) is 33.9 Å². The summed E-state index contributed by atoms with van der Waals surface area (Å²) in [4.78, 5) is 25.7. The number of primary amides is 1. The molecule has 0 saturated carbocycles. The molecule has 0 bridgehead atoms. The van der Waals surface area contributed by atoms with Crippen LogP contribution in [0.3, 0.4) is 0 Å². The van der Waals surface area contributed by atoms with Gasteiger partial charge in [0.05, 0.1) is 10.8 Å². The first kappa shape index (κ1) is 22.3. The van der Waals surface area contributed by atoms with Crippen LogP contribution in [-0.4, -0.2) is 27.3 Å². The molecule has 4 rings (SSSR count). The molecule has 0 fully saturated rings. The second kappa shape index (κ2) is 9.29. The van der Waals surface area contributed by atoms with Crippen molar-refractivity contribution < 1.29 is 23.1 Å². The van der Waals surface area contributed by atoms with E-state index in [9.17, 15) is 14.0 Å². The molecular weight excluding hydrogens is 455 g/mol. The van der Waals surface area contributed by atoms with Gasteiger partial charge in [-0.1, -0.05) is 11.8 Å². The molecule has 2 heterocycles. The molecule has 0 aliphatic heterocycles. The molecule has 1 aromatic carbocycles. The minimum Gasteiger partial charge on any atom is -0.481 e. The number of nitrogens with one attached hydrogen (secondary N) is 1. The number of thioether (sulfide) groups is 1. The Morgan fingerprint density at radius 3 is 2.72 bits per heavy atom. The zero-order valence-corrected chi connectivity index (χ0v) is 19.0. The standard InChI is InChI=1S/C21H21FN4O4S2/c1-10(29-13-8-6-12(22)7-9-13)19-25-26-21(30-19)31-11(2)18(28)24-20-16(17(23)27)14-4-3-5-15(14)32-20/h6-11H,3-5H2,1-2H3,(H2,23,27)(H,24,28)/t10-,11-/m0/s1. The Labute approximate surface area is 191 Å². The van der Waals surface area contributed by atoms with Crippen LogP contribution in [0.1, 0.15) is 53.1 Å². The predicted octanol–water partition coefficient (Wildman–Crippen LogP) is 4.12. The third-order valence-corrected chi connectivity index (χ3v) is 7.09. The van der Waals surface area contributed by atoms with Gasteiger partial charge in [0, 0.05) is 4.88 Å². The highest BCUT2D eigenvalue weighted by atomic mass is 32.2. The Kier molecular flexibility index (Phi) is 6.47. The molecule has 0 unspecified atom stereocenters. The molecule has 2 amide bonds. The SMILES string of the molecule is C[C@H](Sc1nnc([C@H](C)Oc2ccc(F)cc2)o1)C(=O)Nc1sc2c(c1C(N)=O)CCC2. The number of halogens is 1. The van der Waals surface area contributed by atoms with Gasteiger partial charge >= 0.3 is 0 Å². The van der Waals surface area contributed by atoms with Gasteiger partial charge in [0.15, 0.2) is 6.10 Å². The number of hydrogen-bond acceptors (Lipinski definition) is 8. The quantitative estimate of drug-likeness (QED) is 0.469. The number of thiophene rings is 1. The zero-order valence-electron chi connectivity index (χ0n) is 17.4. The first-order chi connectivity index (χ1) is 15.3. The molecule has 1 aliphatic rings. The first-order valence-corrected chi connectivity index (χ1v) is 11.7. The van der Waals surface area contributed by atoms with Gasteiger partial charge in [-0.3, -0.25) is 9.59 Å². The maximum atomic E-state index is 13.0. The van der Waals surface area contributed by atoms with E-state index in [-0.39, 0.29) is 22.8 Å². The number of amides is 2. The lowest BCUT2D eigenvalue weighted by Crippen LogP contribution is -2.24. The number of fused-ring (bicyclic) bond motifs is 1. The lowest BCUT2D eigenvalue weighted by molar-refractivity contribution is -0.115. The summed E-state index contributed by atoms with van der Waals surface area (Å²) in [5.74, 6) is -0.490. The largest absolute Gasteiger partial charge is 0.481 e. The third kappa shape index (κ3) is 4.78. The molecule has 3 N–H and O–H groups in total. The fourth-order valence-electron chi connectivity index (χ4n) is 3.37. The van der Waals surface area contributed by atoms with Crippen molar-refractivity contribution in [2.45, 2.75) is 49.7 Å². The third-order valence-electron chi connectivity index (χ3n) is 4.95. The van der Waals surface area contributed by atoms with Crippen LogP contribution >= 0.6 is 23.1 Å². The van der Waals surface area contributed by atoms with Gasteiger partial charge in [0.2, 0.25) is 5.91 Å². The van der Waals surface area contributed by atoms with E-state index >= 15 is 0 Å². The predicted molar refractivity (Wildman–Crippen MR) is 119 cm³/mol. The number of benzene rings is 1. The van der Waals surface area contributed by atoms with Gasteiger partial charge in [-0.25, -0.2) is 4.39 Å². The van der Waals surface area contributed by atoms with Crippen LogP contribution in [0, 0.1) is 5.82 Å². The highest BCUT2D eigenvalue weighted by Gasteiger charge is 2.28. The smallest absolute Gasteiger partial charge is 0.277 e. The summed E-state index contributed by atoms with van der Waals surface area (Å²) in [6.45, 7) is 3.43. The lowest BCUT2D eigenvalue weighted by Gasteiger charge is -2.11. The molecule has 1 aliphatic carbocycles. The monoisotopic (exact) mass is 476 g/mol. The van der Waals surface area contributed by atoms with E-state index in [1.165, 1.54) is 35.6 Å². The van der Waals surface area contributed by atoms with Gasteiger partial charge in [-0.15, -0.1) is 21.5 Å². The van der Waals surface area contributed by atoms with Crippen molar-refractivity contribution >= 4 is 39.9 Å². The fourth-order valence-corrected chi connectivity index (χ4v) is 5.36. The summed E-state index contributed by atoms with van der Waals surface area (Å²) in [5, 5.41) is 10.9. The van der Waals surface area contributed by atoms with E-state index in [1.54, 1.807) is 13.8 Å².